The molecule has 0 spiro atoms. The molecule has 0 fully saturated rings. The minimum atomic E-state index is -0.465. The largest absolute Gasteiger partial charge is 0.494 e. The van der Waals surface area contributed by atoms with Crippen LogP contribution in [-0.4, -0.2) is 22.8 Å². The van der Waals surface area contributed by atoms with E-state index in [0.717, 1.165) is 11.1 Å². The van der Waals surface area contributed by atoms with Crippen molar-refractivity contribution in [3.05, 3.63) is 86.8 Å². The Morgan fingerprint density at radius 3 is 2.56 bits per heavy atom. The van der Waals surface area contributed by atoms with Gasteiger partial charge in [0.15, 0.2) is 11.4 Å². The number of aryl methyl sites for hydroxylation is 1. The van der Waals surface area contributed by atoms with Crippen molar-refractivity contribution in [3.8, 4) is 11.4 Å². The fourth-order valence-corrected chi connectivity index (χ4v) is 2.73. The number of aromatic nitrogens is 2. The van der Waals surface area contributed by atoms with E-state index in [1.807, 2.05) is 37.3 Å². The summed E-state index contributed by atoms with van der Waals surface area (Å²) in [6.07, 6.45) is 0. The highest BCUT2D eigenvalue weighted by Crippen LogP contribution is 2.17. The molecule has 1 amide bonds. The SMILES string of the molecule is COc1cc(=O)n(-c2ccc(C)cc2)nc1C(=O)NCc1ccccc1Cl. The molecule has 0 unspecified atom stereocenters. The van der Waals surface area contributed by atoms with Gasteiger partial charge < -0.3 is 10.1 Å². The van der Waals surface area contributed by atoms with Crippen LogP contribution in [0.2, 0.25) is 5.02 Å². The monoisotopic (exact) mass is 383 g/mol. The summed E-state index contributed by atoms with van der Waals surface area (Å²) in [5, 5.41) is 7.53. The molecule has 2 aromatic carbocycles. The number of rotatable bonds is 5. The smallest absolute Gasteiger partial charge is 0.275 e. The molecule has 6 nitrogen and oxygen atoms in total. The van der Waals surface area contributed by atoms with Gasteiger partial charge in [0.25, 0.3) is 11.5 Å². The standard InChI is InChI=1S/C20H18ClN3O3/c1-13-7-9-15(10-8-13)24-18(25)11-17(27-2)19(23-24)20(26)22-12-14-5-3-4-6-16(14)21/h3-11H,12H2,1-2H3,(H,22,26). The average molecular weight is 384 g/mol. The lowest BCUT2D eigenvalue weighted by atomic mass is 10.2. The molecule has 3 aromatic rings. The summed E-state index contributed by atoms with van der Waals surface area (Å²) in [6.45, 7) is 2.18. The number of benzene rings is 2. The molecule has 0 saturated carbocycles. The first-order chi connectivity index (χ1) is 13.0. The second kappa shape index (κ2) is 8.05. The lowest BCUT2D eigenvalue weighted by molar-refractivity contribution is 0.0940. The van der Waals surface area contributed by atoms with Gasteiger partial charge in [-0.1, -0.05) is 47.5 Å². The van der Waals surface area contributed by atoms with E-state index in [1.165, 1.54) is 17.9 Å². The molecule has 0 aliphatic carbocycles. The Bertz CT molecular complexity index is 1030. The molecule has 7 heteroatoms. The van der Waals surface area contributed by atoms with Crippen molar-refractivity contribution in [2.24, 2.45) is 0 Å². The Morgan fingerprint density at radius 2 is 1.89 bits per heavy atom. The molecule has 0 aliphatic heterocycles. The van der Waals surface area contributed by atoms with E-state index in [-0.39, 0.29) is 18.0 Å². The van der Waals surface area contributed by atoms with Crippen LogP contribution < -0.4 is 15.6 Å². The van der Waals surface area contributed by atoms with Gasteiger partial charge in [0.1, 0.15) is 0 Å². The number of methoxy groups -OCH3 is 1. The highest BCUT2D eigenvalue weighted by atomic mass is 35.5. The summed E-state index contributed by atoms with van der Waals surface area (Å²) in [5.41, 5.74) is 2.02. The lowest BCUT2D eigenvalue weighted by Crippen LogP contribution is -2.29. The zero-order valence-electron chi connectivity index (χ0n) is 14.9. The predicted molar refractivity (Wildman–Crippen MR) is 104 cm³/mol. The second-order valence-electron chi connectivity index (χ2n) is 5.92. The number of carbonyl (C=O) groups excluding carboxylic acids is 1. The summed E-state index contributed by atoms with van der Waals surface area (Å²) in [5.74, 6) is -0.354. The average Bonchev–Trinajstić information content (AvgIpc) is 2.67. The van der Waals surface area contributed by atoms with Crippen molar-refractivity contribution in [1.29, 1.82) is 0 Å². The third-order valence-corrected chi connectivity index (χ3v) is 4.38. The quantitative estimate of drug-likeness (QED) is 0.734. The van der Waals surface area contributed by atoms with E-state index in [4.69, 9.17) is 16.3 Å². The normalized spacial score (nSPS) is 10.5. The maximum atomic E-state index is 12.6. The first kappa shape index (κ1) is 18.7. The highest BCUT2D eigenvalue weighted by Gasteiger charge is 2.18. The molecule has 1 aromatic heterocycles. The Kier molecular flexibility index (Phi) is 5.57. The van der Waals surface area contributed by atoms with Gasteiger partial charge in [-0.3, -0.25) is 9.59 Å². The van der Waals surface area contributed by atoms with E-state index >= 15 is 0 Å². The first-order valence-corrected chi connectivity index (χ1v) is 8.64. The molecule has 3 rings (SSSR count). The topological polar surface area (TPSA) is 73.2 Å². The van der Waals surface area contributed by atoms with Crippen LogP contribution in [0, 0.1) is 6.92 Å². The van der Waals surface area contributed by atoms with Gasteiger partial charge >= 0.3 is 0 Å². The van der Waals surface area contributed by atoms with Crippen LogP contribution in [0.3, 0.4) is 0 Å². The number of hydrogen-bond donors (Lipinski definition) is 1. The maximum absolute atomic E-state index is 12.6. The summed E-state index contributed by atoms with van der Waals surface area (Å²) >= 11 is 6.11. The van der Waals surface area contributed by atoms with Crippen molar-refractivity contribution < 1.29 is 9.53 Å². The second-order valence-corrected chi connectivity index (χ2v) is 6.33. The fourth-order valence-electron chi connectivity index (χ4n) is 2.53. The van der Waals surface area contributed by atoms with Gasteiger partial charge in [0.2, 0.25) is 0 Å². The van der Waals surface area contributed by atoms with Crippen LogP contribution in [-0.2, 0) is 6.54 Å². The lowest BCUT2D eigenvalue weighted by Gasteiger charge is -2.12. The van der Waals surface area contributed by atoms with Crippen molar-refractivity contribution in [2.45, 2.75) is 13.5 Å². The zero-order valence-corrected chi connectivity index (χ0v) is 15.7. The Morgan fingerprint density at radius 1 is 1.19 bits per heavy atom. The van der Waals surface area contributed by atoms with Crippen LogP contribution in [0.1, 0.15) is 21.6 Å². The summed E-state index contributed by atoms with van der Waals surface area (Å²) in [4.78, 5) is 25.0. The molecule has 0 radical (unpaired) electrons. The molecule has 0 aliphatic rings. The summed E-state index contributed by atoms with van der Waals surface area (Å²) in [7, 11) is 1.39. The number of carbonyl (C=O) groups is 1. The van der Waals surface area contributed by atoms with Gasteiger partial charge in [0, 0.05) is 11.6 Å². The third-order valence-electron chi connectivity index (χ3n) is 4.01. The van der Waals surface area contributed by atoms with Crippen molar-refractivity contribution in [3.63, 3.8) is 0 Å². The minimum Gasteiger partial charge on any atom is -0.494 e. The van der Waals surface area contributed by atoms with Gasteiger partial charge in [-0.15, -0.1) is 0 Å². The van der Waals surface area contributed by atoms with Gasteiger partial charge in [0.05, 0.1) is 18.9 Å². The number of halogens is 1. The van der Waals surface area contributed by atoms with Crippen LogP contribution >= 0.6 is 11.6 Å². The summed E-state index contributed by atoms with van der Waals surface area (Å²) < 4.78 is 6.34. The molecule has 1 heterocycles. The number of amides is 1. The maximum Gasteiger partial charge on any atom is 0.275 e. The van der Waals surface area contributed by atoms with Gasteiger partial charge in [-0.05, 0) is 30.7 Å². The van der Waals surface area contributed by atoms with E-state index in [1.54, 1.807) is 18.2 Å². The molecule has 0 bridgehead atoms. The third kappa shape index (κ3) is 4.17. The number of ether oxygens (including phenoxy) is 1. The predicted octanol–water partition coefficient (Wildman–Crippen LogP) is 3.13. The molecule has 1 N–H and O–H groups in total. The molecule has 27 heavy (non-hydrogen) atoms. The number of nitrogens with zero attached hydrogens (tertiary/aromatic N) is 2. The Labute approximate surface area is 161 Å². The van der Waals surface area contributed by atoms with Gasteiger partial charge in [-0.2, -0.15) is 9.78 Å². The van der Waals surface area contributed by atoms with Crippen LogP contribution in [0.5, 0.6) is 5.75 Å². The molecule has 0 atom stereocenters. The Hall–Kier alpha value is -3.12. The van der Waals surface area contributed by atoms with E-state index in [9.17, 15) is 9.59 Å². The number of hydrogen-bond acceptors (Lipinski definition) is 4. The molecular formula is C20H18ClN3O3. The van der Waals surface area contributed by atoms with Crippen molar-refractivity contribution in [1.82, 2.24) is 15.1 Å². The van der Waals surface area contributed by atoms with Gasteiger partial charge in [-0.25, -0.2) is 0 Å². The van der Waals surface area contributed by atoms with E-state index in [2.05, 4.69) is 10.4 Å². The molecule has 0 saturated heterocycles. The number of nitrogens with one attached hydrogen (secondary N) is 1. The fraction of sp³-hybridized carbons (Fsp3) is 0.150. The first-order valence-electron chi connectivity index (χ1n) is 8.26. The summed E-state index contributed by atoms with van der Waals surface area (Å²) in [6, 6.07) is 15.7. The zero-order chi connectivity index (χ0) is 19.4. The van der Waals surface area contributed by atoms with Crippen LogP contribution in [0.15, 0.2) is 59.4 Å². The minimum absolute atomic E-state index is 0.0183. The molecular weight excluding hydrogens is 366 g/mol. The van der Waals surface area contributed by atoms with Crippen LogP contribution in [0.25, 0.3) is 5.69 Å². The van der Waals surface area contributed by atoms with E-state index in [0.29, 0.717) is 10.7 Å². The van der Waals surface area contributed by atoms with E-state index < -0.39 is 11.5 Å². The van der Waals surface area contributed by atoms with Crippen molar-refractivity contribution >= 4 is 17.5 Å². The molecule has 138 valence electrons. The Balaban J connectivity index is 1.92. The highest BCUT2D eigenvalue weighted by molar-refractivity contribution is 6.31. The van der Waals surface area contributed by atoms with Crippen molar-refractivity contribution in [2.75, 3.05) is 7.11 Å². The van der Waals surface area contributed by atoms with Crippen LogP contribution in [0.4, 0.5) is 0 Å².